The maximum absolute atomic E-state index is 11.9. The summed E-state index contributed by atoms with van der Waals surface area (Å²) in [5.41, 5.74) is 3.34. The number of rotatable bonds is 4. The fraction of sp³-hybridized carbons (Fsp3) is 0.375. The van der Waals surface area contributed by atoms with Crippen molar-refractivity contribution in [2.45, 2.75) is 40.7 Å². The van der Waals surface area contributed by atoms with Crippen molar-refractivity contribution in [1.82, 2.24) is 4.57 Å². The average molecular weight is 273 g/mol. The molecule has 0 amide bonds. The Balaban J connectivity index is 3.03. The van der Waals surface area contributed by atoms with Gasteiger partial charge in [-0.3, -0.25) is 4.79 Å². The fourth-order valence-corrected chi connectivity index (χ4v) is 2.88. The number of hydrogen-bond donors (Lipinski definition) is 1. The molecule has 1 aromatic heterocycles. The minimum atomic E-state index is -0.951. The lowest BCUT2D eigenvalue weighted by Gasteiger charge is -2.08. The summed E-state index contributed by atoms with van der Waals surface area (Å²) < 4.78 is 1.91. The quantitative estimate of drug-likeness (QED) is 0.868. The number of carbonyl (C=O) groups excluding carboxylic acids is 1. The highest BCUT2D eigenvalue weighted by atomic mass is 16.4. The van der Waals surface area contributed by atoms with Gasteiger partial charge >= 0.3 is 5.97 Å². The largest absolute Gasteiger partial charge is 0.478 e. The normalized spacial score (nSPS) is 11.0. The Hall–Kier alpha value is -2.10. The van der Waals surface area contributed by atoms with Crippen molar-refractivity contribution in [2.24, 2.45) is 0 Å². The molecule has 0 atom stereocenters. The number of nitrogens with zero attached hydrogens (tertiary/aromatic N) is 1. The van der Waals surface area contributed by atoms with Crippen LogP contribution in [0.15, 0.2) is 12.1 Å². The van der Waals surface area contributed by atoms with Crippen molar-refractivity contribution in [2.75, 3.05) is 0 Å². The summed E-state index contributed by atoms with van der Waals surface area (Å²) >= 11 is 0. The van der Waals surface area contributed by atoms with Crippen molar-refractivity contribution >= 4 is 22.7 Å². The van der Waals surface area contributed by atoms with Crippen LogP contribution < -0.4 is 0 Å². The molecule has 2 aromatic rings. The molecule has 0 aliphatic rings. The molecule has 0 saturated heterocycles. The fourth-order valence-electron chi connectivity index (χ4n) is 2.88. The van der Waals surface area contributed by atoms with Gasteiger partial charge in [-0.1, -0.05) is 6.92 Å². The SMILES string of the molecule is CCc1cc(C(=O)O)c2c(c1)c(C(C)=O)c(C)n2CC. The maximum Gasteiger partial charge on any atom is 0.337 e. The van der Waals surface area contributed by atoms with Gasteiger partial charge in [-0.25, -0.2) is 4.79 Å². The third-order valence-electron chi connectivity index (χ3n) is 3.78. The van der Waals surface area contributed by atoms with Gasteiger partial charge in [0.25, 0.3) is 0 Å². The highest BCUT2D eigenvalue weighted by Gasteiger charge is 2.22. The molecule has 20 heavy (non-hydrogen) atoms. The zero-order valence-electron chi connectivity index (χ0n) is 12.3. The van der Waals surface area contributed by atoms with E-state index < -0.39 is 5.97 Å². The van der Waals surface area contributed by atoms with Crippen LogP contribution in [-0.4, -0.2) is 21.4 Å². The number of aromatic carboxylic acids is 1. The van der Waals surface area contributed by atoms with E-state index in [2.05, 4.69) is 0 Å². The number of carboxylic acids is 1. The number of aromatic nitrogens is 1. The van der Waals surface area contributed by atoms with Crippen molar-refractivity contribution in [1.29, 1.82) is 0 Å². The molecule has 0 bridgehead atoms. The monoisotopic (exact) mass is 273 g/mol. The van der Waals surface area contributed by atoms with Crippen molar-refractivity contribution < 1.29 is 14.7 Å². The Bertz CT molecular complexity index is 710. The van der Waals surface area contributed by atoms with E-state index in [9.17, 15) is 14.7 Å². The van der Waals surface area contributed by atoms with Gasteiger partial charge in [0.1, 0.15) is 0 Å². The minimum absolute atomic E-state index is 0.0238. The number of benzene rings is 1. The Morgan fingerprint density at radius 1 is 1.25 bits per heavy atom. The van der Waals surface area contributed by atoms with Gasteiger partial charge in [0.15, 0.2) is 5.78 Å². The summed E-state index contributed by atoms with van der Waals surface area (Å²) in [6.07, 6.45) is 0.740. The van der Waals surface area contributed by atoms with Crippen LogP contribution in [0.3, 0.4) is 0 Å². The van der Waals surface area contributed by atoms with E-state index in [0.717, 1.165) is 23.1 Å². The molecule has 4 heteroatoms. The van der Waals surface area contributed by atoms with E-state index in [4.69, 9.17) is 0 Å². The number of Topliss-reactive ketones (excluding diaryl/α,β-unsaturated/α-hetero) is 1. The van der Waals surface area contributed by atoms with Crippen LogP contribution in [0.5, 0.6) is 0 Å². The molecular weight excluding hydrogens is 254 g/mol. The Morgan fingerprint density at radius 2 is 1.90 bits per heavy atom. The Morgan fingerprint density at radius 3 is 2.35 bits per heavy atom. The third-order valence-corrected chi connectivity index (χ3v) is 3.78. The lowest BCUT2D eigenvalue weighted by atomic mass is 10.0. The maximum atomic E-state index is 11.9. The van der Waals surface area contributed by atoms with Crippen LogP contribution in [0.25, 0.3) is 10.9 Å². The molecule has 0 radical (unpaired) electrons. The topological polar surface area (TPSA) is 59.3 Å². The van der Waals surface area contributed by atoms with Crippen LogP contribution in [0, 0.1) is 6.92 Å². The van der Waals surface area contributed by atoms with Crippen LogP contribution in [0.4, 0.5) is 0 Å². The molecule has 4 nitrogen and oxygen atoms in total. The molecule has 1 aromatic carbocycles. The second kappa shape index (κ2) is 5.12. The summed E-state index contributed by atoms with van der Waals surface area (Å²) in [5, 5.41) is 10.2. The summed E-state index contributed by atoms with van der Waals surface area (Å²) in [5.74, 6) is -0.975. The molecular formula is C16H19NO3. The first-order valence-electron chi connectivity index (χ1n) is 6.82. The van der Waals surface area contributed by atoms with Crippen LogP contribution >= 0.6 is 0 Å². The highest BCUT2D eigenvalue weighted by Crippen LogP contribution is 2.30. The molecule has 106 valence electrons. The number of ketones is 1. The van der Waals surface area contributed by atoms with E-state index in [0.29, 0.717) is 17.6 Å². The Labute approximate surface area is 118 Å². The zero-order valence-corrected chi connectivity index (χ0v) is 12.3. The lowest BCUT2D eigenvalue weighted by molar-refractivity contribution is 0.0698. The summed E-state index contributed by atoms with van der Waals surface area (Å²) in [4.78, 5) is 23.5. The van der Waals surface area contributed by atoms with Gasteiger partial charge in [0, 0.05) is 23.2 Å². The van der Waals surface area contributed by atoms with Gasteiger partial charge in [0.05, 0.1) is 11.1 Å². The average Bonchev–Trinajstić information content (AvgIpc) is 2.68. The van der Waals surface area contributed by atoms with Gasteiger partial charge in [-0.2, -0.15) is 0 Å². The summed E-state index contributed by atoms with van der Waals surface area (Å²) in [6.45, 7) is 7.97. The van der Waals surface area contributed by atoms with Gasteiger partial charge < -0.3 is 9.67 Å². The summed E-state index contributed by atoms with van der Waals surface area (Å²) in [7, 11) is 0. The second-order valence-electron chi connectivity index (χ2n) is 4.96. The standard InChI is InChI=1S/C16H19NO3/c1-5-11-7-12-14(10(4)18)9(3)17(6-2)15(12)13(8-11)16(19)20/h7-8H,5-6H2,1-4H3,(H,19,20). The summed E-state index contributed by atoms with van der Waals surface area (Å²) in [6, 6.07) is 3.65. The number of aryl methyl sites for hydroxylation is 2. The number of hydrogen-bond acceptors (Lipinski definition) is 2. The number of fused-ring (bicyclic) bond motifs is 1. The number of carbonyl (C=O) groups is 2. The number of carboxylic acid groups (broad SMARTS) is 1. The van der Waals surface area contributed by atoms with E-state index in [1.54, 1.807) is 6.07 Å². The molecule has 0 spiro atoms. The molecule has 2 rings (SSSR count). The van der Waals surface area contributed by atoms with Gasteiger partial charge in [0.2, 0.25) is 0 Å². The second-order valence-corrected chi connectivity index (χ2v) is 4.96. The molecule has 0 aliphatic carbocycles. The van der Waals surface area contributed by atoms with E-state index in [-0.39, 0.29) is 11.3 Å². The van der Waals surface area contributed by atoms with E-state index in [1.807, 2.05) is 31.4 Å². The van der Waals surface area contributed by atoms with Crippen molar-refractivity contribution in [3.8, 4) is 0 Å². The van der Waals surface area contributed by atoms with Crippen LogP contribution in [-0.2, 0) is 13.0 Å². The third kappa shape index (κ3) is 2.01. The molecule has 0 aliphatic heterocycles. The van der Waals surface area contributed by atoms with Crippen LogP contribution in [0.1, 0.15) is 52.7 Å². The predicted molar refractivity (Wildman–Crippen MR) is 78.7 cm³/mol. The first kappa shape index (κ1) is 14.3. The molecule has 0 saturated carbocycles. The van der Waals surface area contributed by atoms with E-state index >= 15 is 0 Å². The minimum Gasteiger partial charge on any atom is -0.478 e. The molecule has 0 unspecified atom stereocenters. The van der Waals surface area contributed by atoms with Crippen molar-refractivity contribution in [3.05, 3.63) is 34.5 Å². The van der Waals surface area contributed by atoms with Crippen molar-refractivity contribution in [3.63, 3.8) is 0 Å². The van der Waals surface area contributed by atoms with Gasteiger partial charge in [-0.05, 0) is 44.9 Å². The first-order valence-corrected chi connectivity index (χ1v) is 6.82. The lowest BCUT2D eigenvalue weighted by Crippen LogP contribution is -2.04. The molecule has 1 heterocycles. The van der Waals surface area contributed by atoms with Crippen LogP contribution in [0.2, 0.25) is 0 Å². The smallest absolute Gasteiger partial charge is 0.337 e. The predicted octanol–water partition coefficient (Wildman–Crippen LogP) is 3.43. The first-order chi connectivity index (χ1) is 9.42. The zero-order chi connectivity index (χ0) is 15.0. The molecule has 1 N–H and O–H groups in total. The molecule has 0 fully saturated rings. The highest BCUT2D eigenvalue weighted by molar-refractivity contribution is 6.13. The van der Waals surface area contributed by atoms with Gasteiger partial charge in [-0.15, -0.1) is 0 Å². The Kier molecular flexibility index (Phi) is 3.66. The van der Waals surface area contributed by atoms with E-state index in [1.165, 1.54) is 6.92 Å².